The molecule has 26 heavy (non-hydrogen) atoms. The van der Waals surface area contributed by atoms with Gasteiger partial charge in [0.1, 0.15) is 0 Å². The molecule has 0 heterocycles. The maximum atomic E-state index is 14.4. The highest BCUT2D eigenvalue weighted by Gasteiger charge is 2.20. The summed E-state index contributed by atoms with van der Waals surface area (Å²) in [5.41, 5.74) is -0.257. The van der Waals surface area contributed by atoms with Crippen LogP contribution in [-0.4, -0.2) is 27.4 Å². The van der Waals surface area contributed by atoms with Crippen LogP contribution in [0, 0.1) is 23.3 Å². The normalized spacial score (nSPS) is 11.2. The summed E-state index contributed by atoms with van der Waals surface area (Å²) >= 11 is 0. The van der Waals surface area contributed by atoms with Crippen molar-refractivity contribution in [2.75, 3.05) is 27.4 Å². The van der Waals surface area contributed by atoms with Gasteiger partial charge >= 0.3 is 0 Å². The third-order valence-corrected chi connectivity index (χ3v) is 4.23. The topological polar surface area (TPSA) is 18.5 Å². The number of hydrogen-bond donors (Lipinski definition) is 0. The Morgan fingerprint density at radius 3 is 1.62 bits per heavy atom. The molecule has 0 saturated carbocycles. The molecule has 0 bridgehead atoms. The van der Waals surface area contributed by atoms with Crippen LogP contribution < -0.4 is 0 Å². The summed E-state index contributed by atoms with van der Waals surface area (Å²) in [6, 6.07) is 5.33. The molecule has 0 fully saturated rings. The van der Waals surface area contributed by atoms with E-state index in [1.807, 2.05) is 0 Å². The molecule has 2 aromatic rings. The average Bonchev–Trinajstić information content (AvgIpc) is 2.64. The SMILES string of the molecule is COCCCCc1ccc(-c2ccc(CCOC)c(F)c2F)c(F)c1F. The molecule has 142 valence electrons. The first-order valence-corrected chi connectivity index (χ1v) is 8.43. The number of hydrogen-bond acceptors (Lipinski definition) is 2. The van der Waals surface area contributed by atoms with E-state index in [0.29, 0.717) is 19.4 Å². The van der Waals surface area contributed by atoms with Crippen molar-refractivity contribution in [2.45, 2.75) is 25.7 Å². The van der Waals surface area contributed by atoms with Crippen LogP contribution in [0.15, 0.2) is 24.3 Å². The summed E-state index contributed by atoms with van der Waals surface area (Å²) in [4.78, 5) is 0. The summed E-state index contributed by atoms with van der Waals surface area (Å²) in [6.07, 6.45) is 1.90. The Labute approximate surface area is 150 Å². The van der Waals surface area contributed by atoms with E-state index >= 15 is 0 Å². The maximum absolute atomic E-state index is 14.4. The summed E-state index contributed by atoms with van der Waals surface area (Å²) in [7, 11) is 3.03. The number of ether oxygens (including phenoxy) is 2. The van der Waals surface area contributed by atoms with Gasteiger partial charge in [0.25, 0.3) is 0 Å². The van der Waals surface area contributed by atoms with E-state index in [1.165, 1.54) is 31.4 Å². The van der Waals surface area contributed by atoms with Crippen molar-refractivity contribution in [1.29, 1.82) is 0 Å². The lowest BCUT2D eigenvalue weighted by atomic mass is 9.98. The van der Waals surface area contributed by atoms with Crippen molar-refractivity contribution in [2.24, 2.45) is 0 Å². The van der Waals surface area contributed by atoms with Crippen molar-refractivity contribution in [3.63, 3.8) is 0 Å². The second-order valence-electron chi connectivity index (χ2n) is 5.99. The summed E-state index contributed by atoms with van der Waals surface area (Å²) in [5, 5.41) is 0. The number of methoxy groups -OCH3 is 2. The first kappa shape index (κ1) is 20.4. The maximum Gasteiger partial charge on any atom is 0.167 e. The molecule has 2 nitrogen and oxygen atoms in total. The van der Waals surface area contributed by atoms with Crippen LogP contribution in [0.5, 0.6) is 0 Å². The molecular weight excluding hydrogens is 348 g/mol. The van der Waals surface area contributed by atoms with E-state index < -0.39 is 23.3 Å². The quantitative estimate of drug-likeness (QED) is 0.453. The fourth-order valence-corrected chi connectivity index (χ4v) is 2.75. The molecule has 0 amide bonds. The number of unbranched alkanes of at least 4 members (excludes halogenated alkanes) is 1. The van der Waals surface area contributed by atoms with Gasteiger partial charge in [-0.05, 0) is 36.8 Å². The number of benzene rings is 2. The Morgan fingerprint density at radius 1 is 0.615 bits per heavy atom. The Morgan fingerprint density at radius 2 is 1.12 bits per heavy atom. The Bertz CT molecular complexity index is 747. The van der Waals surface area contributed by atoms with Crippen molar-refractivity contribution in [1.82, 2.24) is 0 Å². The minimum absolute atomic E-state index is 0.128. The average molecular weight is 370 g/mol. The van der Waals surface area contributed by atoms with E-state index in [0.717, 1.165) is 6.42 Å². The predicted octanol–water partition coefficient (Wildman–Crippen LogP) is 5.07. The van der Waals surface area contributed by atoms with Crippen LogP contribution in [0.25, 0.3) is 11.1 Å². The predicted molar refractivity (Wildman–Crippen MR) is 92.1 cm³/mol. The van der Waals surface area contributed by atoms with Crippen LogP contribution in [0.2, 0.25) is 0 Å². The van der Waals surface area contributed by atoms with Gasteiger partial charge in [-0.25, -0.2) is 17.6 Å². The van der Waals surface area contributed by atoms with Gasteiger partial charge in [0, 0.05) is 32.0 Å². The van der Waals surface area contributed by atoms with Gasteiger partial charge in [0.15, 0.2) is 23.3 Å². The first-order valence-electron chi connectivity index (χ1n) is 8.43. The molecule has 0 spiro atoms. The van der Waals surface area contributed by atoms with Crippen LogP contribution >= 0.6 is 0 Å². The molecule has 0 aromatic heterocycles. The molecule has 6 heteroatoms. The number of halogens is 4. The highest BCUT2D eigenvalue weighted by atomic mass is 19.2. The molecule has 0 unspecified atom stereocenters. The number of aryl methyl sites for hydroxylation is 1. The van der Waals surface area contributed by atoms with E-state index in [4.69, 9.17) is 9.47 Å². The molecule has 2 rings (SSSR count). The van der Waals surface area contributed by atoms with Gasteiger partial charge in [0.2, 0.25) is 0 Å². The van der Waals surface area contributed by atoms with E-state index in [1.54, 1.807) is 7.11 Å². The van der Waals surface area contributed by atoms with Crippen molar-refractivity contribution < 1.29 is 27.0 Å². The molecule has 0 aliphatic heterocycles. The van der Waals surface area contributed by atoms with Gasteiger partial charge in [-0.3, -0.25) is 0 Å². The van der Waals surface area contributed by atoms with Crippen molar-refractivity contribution in [3.8, 4) is 11.1 Å². The van der Waals surface area contributed by atoms with Gasteiger partial charge in [-0.15, -0.1) is 0 Å². The molecule has 0 atom stereocenters. The fourth-order valence-electron chi connectivity index (χ4n) is 2.75. The van der Waals surface area contributed by atoms with E-state index in [2.05, 4.69) is 0 Å². The molecule has 0 radical (unpaired) electrons. The zero-order chi connectivity index (χ0) is 19.1. The second kappa shape index (κ2) is 9.69. The van der Waals surface area contributed by atoms with E-state index in [-0.39, 0.29) is 35.3 Å². The van der Waals surface area contributed by atoms with Gasteiger partial charge in [0.05, 0.1) is 6.61 Å². The van der Waals surface area contributed by atoms with Crippen molar-refractivity contribution >= 4 is 0 Å². The molecule has 0 N–H and O–H groups in total. The second-order valence-corrected chi connectivity index (χ2v) is 5.99. The number of rotatable bonds is 9. The van der Waals surface area contributed by atoms with Gasteiger partial charge in [-0.1, -0.05) is 24.3 Å². The van der Waals surface area contributed by atoms with Crippen LogP contribution in [-0.2, 0) is 22.3 Å². The third-order valence-electron chi connectivity index (χ3n) is 4.23. The molecule has 2 aromatic carbocycles. The standard InChI is InChI=1S/C20H22F4O2/c1-25-11-4-3-5-13-6-8-15(19(23)17(13)21)16-9-7-14(10-12-26-2)18(22)20(16)24/h6-9H,3-5,10-12H2,1-2H3. The smallest absolute Gasteiger partial charge is 0.167 e. The summed E-state index contributed by atoms with van der Waals surface area (Å²) in [5.74, 6) is -4.45. The molecule has 0 aliphatic rings. The monoisotopic (exact) mass is 370 g/mol. The fraction of sp³-hybridized carbons (Fsp3) is 0.400. The van der Waals surface area contributed by atoms with Gasteiger partial charge in [-0.2, -0.15) is 0 Å². The van der Waals surface area contributed by atoms with Gasteiger partial charge < -0.3 is 9.47 Å². The Balaban J connectivity index is 2.29. The lowest BCUT2D eigenvalue weighted by molar-refractivity contribution is 0.193. The molecule has 0 saturated heterocycles. The lowest BCUT2D eigenvalue weighted by Crippen LogP contribution is -2.03. The third kappa shape index (κ3) is 4.62. The zero-order valence-electron chi connectivity index (χ0n) is 14.9. The van der Waals surface area contributed by atoms with E-state index in [9.17, 15) is 17.6 Å². The minimum Gasteiger partial charge on any atom is -0.385 e. The van der Waals surface area contributed by atoms with Crippen LogP contribution in [0.1, 0.15) is 24.0 Å². The Hall–Kier alpha value is -1.92. The first-order chi connectivity index (χ1) is 12.5. The lowest BCUT2D eigenvalue weighted by Gasteiger charge is -2.12. The van der Waals surface area contributed by atoms with Crippen LogP contribution in [0.4, 0.5) is 17.6 Å². The van der Waals surface area contributed by atoms with Crippen LogP contribution in [0.3, 0.4) is 0 Å². The summed E-state index contributed by atoms with van der Waals surface area (Å²) in [6.45, 7) is 0.776. The largest absolute Gasteiger partial charge is 0.385 e. The summed E-state index contributed by atoms with van der Waals surface area (Å²) < 4.78 is 67.0. The zero-order valence-corrected chi connectivity index (χ0v) is 14.9. The highest BCUT2D eigenvalue weighted by Crippen LogP contribution is 2.31. The molecular formula is C20H22F4O2. The molecule has 0 aliphatic carbocycles. The Kier molecular flexibility index (Phi) is 7.60. The minimum atomic E-state index is -1.19. The van der Waals surface area contributed by atoms with Crippen molar-refractivity contribution in [3.05, 3.63) is 58.7 Å². The highest BCUT2D eigenvalue weighted by molar-refractivity contribution is 5.66.